The van der Waals surface area contributed by atoms with Gasteiger partial charge in [-0.05, 0) is 78.5 Å². The third-order valence-electron chi connectivity index (χ3n) is 5.06. The first-order valence-electron chi connectivity index (χ1n) is 10.4. The van der Waals surface area contributed by atoms with E-state index in [1.54, 1.807) is 48.7 Å². The molecule has 4 rings (SSSR count). The molecule has 178 valence electrons. The van der Waals surface area contributed by atoms with E-state index in [-0.39, 0.29) is 11.5 Å². The summed E-state index contributed by atoms with van der Waals surface area (Å²) in [6.07, 6.45) is 3.59. The standard InChI is InChI=1S/C26H20ClFN2O3S2/c1-32-33-35-18-8-11-24(28)21(15-18)20-14-17(34-2)7-9-19(20)26(31)30-16-6-10-23(27)22(13-16)25-5-3-4-12-29-25/h3-15H,1-2H3,(H,30,31). The fourth-order valence-electron chi connectivity index (χ4n) is 3.43. The van der Waals surface area contributed by atoms with Crippen molar-refractivity contribution >= 4 is 47.0 Å². The molecule has 1 amide bonds. The van der Waals surface area contributed by atoms with Crippen molar-refractivity contribution in [1.29, 1.82) is 0 Å². The summed E-state index contributed by atoms with van der Waals surface area (Å²) in [5, 5.41) is 3.42. The molecule has 0 saturated carbocycles. The molecule has 5 nitrogen and oxygen atoms in total. The van der Waals surface area contributed by atoms with Crippen LogP contribution in [-0.2, 0) is 9.22 Å². The van der Waals surface area contributed by atoms with E-state index >= 15 is 0 Å². The Bertz CT molecular complexity index is 1360. The Morgan fingerprint density at radius 1 is 0.971 bits per heavy atom. The zero-order chi connectivity index (χ0) is 24.8. The van der Waals surface area contributed by atoms with Crippen molar-refractivity contribution in [1.82, 2.24) is 4.98 Å². The first kappa shape index (κ1) is 25.2. The number of carbonyl (C=O) groups excluding carboxylic acids is 1. The number of amides is 1. The highest BCUT2D eigenvalue weighted by molar-refractivity contribution is 7.98. The smallest absolute Gasteiger partial charge is 0.256 e. The molecule has 1 N–H and O–H groups in total. The van der Waals surface area contributed by atoms with E-state index in [0.29, 0.717) is 38.0 Å². The van der Waals surface area contributed by atoms with Gasteiger partial charge in [0.15, 0.2) is 0 Å². The average molecular weight is 527 g/mol. The van der Waals surface area contributed by atoms with Crippen LogP contribution in [-0.4, -0.2) is 24.3 Å². The molecule has 1 heterocycles. The minimum absolute atomic E-state index is 0.279. The summed E-state index contributed by atoms with van der Waals surface area (Å²) < 4.78 is 19.8. The molecule has 0 aliphatic heterocycles. The lowest BCUT2D eigenvalue weighted by atomic mass is 9.98. The number of aromatic nitrogens is 1. The molecule has 0 aliphatic rings. The predicted octanol–water partition coefficient (Wildman–Crippen LogP) is 7.77. The molecule has 35 heavy (non-hydrogen) atoms. The third-order valence-corrected chi connectivity index (χ3v) is 6.77. The van der Waals surface area contributed by atoms with E-state index in [9.17, 15) is 9.18 Å². The van der Waals surface area contributed by atoms with Gasteiger partial charge in [-0.15, -0.1) is 11.8 Å². The molecule has 0 bridgehead atoms. The van der Waals surface area contributed by atoms with E-state index in [4.69, 9.17) is 15.9 Å². The van der Waals surface area contributed by atoms with Gasteiger partial charge < -0.3 is 5.32 Å². The highest BCUT2D eigenvalue weighted by atomic mass is 35.5. The number of pyridine rings is 1. The second-order valence-corrected chi connectivity index (χ2v) is 9.30. The molecular weight excluding hydrogens is 507 g/mol. The number of rotatable bonds is 8. The number of anilines is 1. The van der Waals surface area contributed by atoms with Crippen molar-refractivity contribution in [3.63, 3.8) is 0 Å². The molecule has 0 radical (unpaired) electrons. The minimum atomic E-state index is -0.456. The number of nitrogens with one attached hydrogen (secondary N) is 1. The Balaban J connectivity index is 1.71. The van der Waals surface area contributed by atoms with Crippen LogP contribution >= 0.6 is 35.4 Å². The zero-order valence-corrected chi connectivity index (χ0v) is 21.1. The van der Waals surface area contributed by atoms with Crippen molar-refractivity contribution in [2.24, 2.45) is 0 Å². The van der Waals surface area contributed by atoms with Gasteiger partial charge in [0.2, 0.25) is 0 Å². The summed E-state index contributed by atoms with van der Waals surface area (Å²) in [5.74, 6) is -0.837. The number of hydrogen-bond acceptors (Lipinski definition) is 6. The van der Waals surface area contributed by atoms with Crippen LogP contribution in [0.5, 0.6) is 0 Å². The predicted molar refractivity (Wildman–Crippen MR) is 140 cm³/mol. The van der Waals surface area contributed by atoms with E-state index in [1.165, 1.54) is 24.9 Å². The summed E-state index contributed by atoms with van der Waals surface area (Å²) in [7, 11) is 1.39. The lowest BCUT2D eigenvalue weighted by Crippen LogP contribution is -2.13. The second kappa shape index (κ2) is 11.7. The second-order valence-electron chi connectivity index (χ2n) is 7.23. The van der Waals surface area contributed by atoms with Gasteiger partial charge in [0.05, 0.1) is 29.9 Å². The van der Waals surface area contributed by atoms with Crippen LogP contribution < -0.4 is 5.32 Å². The first-order chi connectivity index (χ1) is 17.0. The van der Waals surface area contributed by atoms with Crippen molar-refractivity contribution in [3.05, 3.63) is 95.4 Å². The van der Waals surface area contributed by atoms with Crippen molar-refractivity contribution in [3.8, 4) is 22.4 Å². The fourth-order valence-corrected chi connectivity index (χ4v) is 4.52. The first-order valence-corrected chi connectivity index (χ1v) is 12.7. The summed E-state index contributed by atoms with van der Waals surface area (Å²) in [4.78, 5) is 23.9. The van der Waals surface area contributed by atoms with Crippen molar-refractivity contribution in [2.75, 3.05) is 18.7 Å². The Morgan fingerprint density at radius 2 is 1.77 bits per heavy atom. The fraction of sp³-hybridized carbons (Fsp3) is 0.0769. The average Bonchev–Trinajstić information content (AvgIpc) is 2.89. The van der Waals surface area contributed by atoms with E-state index < -0.39 is 5.82 Å². The van der Waals surface area contributed by atoms with Gasteiger partial charge in [0.1, 0.15) is 5.82 Å². The number of halogens is 2. The summed E-state index contributed by atoms with van der Waals surface area (Å²) >= 11 is 8.83. The highest BCUT2D eigenvalue weighted by Gasteiger charge is 2.18. The van der Waals surface area contributed by atoms with Gasteiger partial charge in [-0.3, -0.25) is 9.78 Å². The number of thioether (sulfide) groups is 1. The van der Waals surface area contributed by atoms with Crippen LogP contribution in [0.15, 0.2) is 88.8 Å². The van der Waals surface area contributed by atoms with Gasteiger partial charge in [0, 0.05) is 38.4 Å². The lowest BCUT2D eigenvalue weighted by molar-refractivity contribution is -0.160. The largest absolute Gasteiger partial charge is 0.322 e. The maximum Gasteiger partial charge on any atom is 0.256 e. The highest BCUT2D eigenvalue weighted by Crippen LogP contribution is 2.35. The molecular formula is C26H20ClFN2O3S2. The molecule has 0 fully saturated rings. The van der Waals surface area contributed by atoms with Crippen LogP contribution in [0.1, 0.15) is 10.4 Å². The molecule has 0 saturated heterocycles. The zero-order valence-electron chi connectivity index (χ0n) is 18.7. The summed E-state index contributed by atoms with van der Waals surface area (Å²) in [6, 6.07) is 20.5. The van der Waals surface area contributed by atoms with Crippen molar-refractivity contribution < 1.29 is 18.4 Å². The molecule has 1 aromatic heterocycles. The molecule has 0 aliphatic carbocycles. The molecule has 9 heteroatoms. The molecule has 0 spiro atoms. The normalized spacial score (nSPS) is 10.9. The van der Waals surface area contributed by atoms with Gasteiger partial charge >= 0.3 is 0 Å². The topological polar surface area (TPSA) is 60.5 Å². The molecule has 4 aromatic rings. The van der Waals surface area contributed by atoms with Crippen molar-refractivity contribution in [2.45, 2.75) is 9.79 Å². The maximum absolute atomic E-state index is 14.9. The minimum Gasteiger partial charge on any atom is -0.322 e. The molecule has 0 unspecified atom stereocenters. The van der Waals surface area contributed by atoms with Crippen LogP contribution in [0.25, 0.3) is 22.4 Å². The van der Waals surface area contributed by atoms with Crippen LogP contribution in [0, 0.1) is 5.82 Å². The maximum atomic E-state index is 14.9. The number of benzene rings is 3. The number of hydrogen-bond donors (Lipinski definition) is 1. The van der Waals surface area contributed by atoms with Gasteiger partial charge in [-0.2, -0.15) is 4.33 Å². The molecule has 3 aromatic carbocycles. The molecule has 0 atom stereocenters. The third kappa shape index (κ3) is 6.04. The van der Waals surface area contributed by atoms with E-state index in [2.05, 4.69) is 15.2 Å². The number of nitrogens with zero attached hydrogens (tertiary/aromatic N) is 1. The van der Waals surface area contributed by atoms with Crippen LogP contribution in [0.3, 0.4) is 0 Å². The van der Waals surface area contributed by atoms with Crippen LogP contribution in [0.2, 0.25) is 5.02 Å². The summed E-state index contributed by atoms with van der Waals surface area (Å²) in [6.45, 7) is 0. The summed E-state index contributed by atoms with van der Waals surface area (Å²) in [5.41, 5.74) is 2.99. The number of carbonyl (C=O) groups is 1. The van der Waals surface area contributed by atoms with Crippen LogP contribution in [0.4, 0.5) is 10.1 Å². The Kier molecular flexibility index (Phi) is 8.43. The van der Waals surface area contributed by atoms with Gasteiger partial charge in [-0.25, -0.2) is 9.28 Å². The SMILES string of the molecule is COOSc1ccc(F)c(-c2cc(SC)ccc2C(=O)Nc2ccc(Cl)c(-c3ccccn3)c2)c1. The Morgan fingerprint density at radius 3 is 2.51 bits per heavy atom. The van der Waals surface area contributed by atoms with Gasteiger partial charge in [0.25, 0.3) is 5.91 Å². The lowest BCUT2D eigenvalue weighted by Gasteiger charge is -2.14. The van der Waals surface area contributed by atoms with E-state index in [1.807, 2.05) is 30.5 Å². The quantitative estimate of drug-likeness (QED) is 0.109. The monoisotopic (exact) mass is 526 g/mol. The Labute approximate surface area is 216 Å². The van der Waals surface area contributed by atoms with Gasteiger partial charge in [-0.1, -0.05) is 17.7 Å². The van der Waals surface area contributed by atoms with E-state index in [0.717, 1.165) is 16.9 Å². The Hall–Kier alpha value is -2.88.